The molecule has 0 radical (unpaired) electrons. The summed E-state index contributed by atoms with van der Waals surface area (Å²) in [5.41, 5.74) is 1.49. The zero-order chi connectivity index (χ0) is 15.0. The zero-order valence-electron chi connectivity index (χ0n) is 13.0. The number of rotatable bonds is 3. The predicted molar refractivity (Wildman–Crippen MR) is 84.4 cm³/mol. The number of aryl methyl sites for hydroxylation is 1. The first-order valence-corrected chi connectivity index (χ1v) is 9.57. The van der Waals surface area contributed by atoms with Gasteiger partial charge in [0.25, 0.3) is 0 Å². The van der Waals surface area contributed by atoms with E-state index in [1.165, 1.54) is 0 Å². The molecular formula is C14H25BO3Si. The monoisotopic (exact) mass is 280 g/mol. The lowest BCUT2D eigenvalue weighted by Gasteiger charge is -2.38. The minimum absolute atomic E-state index is 0.158. The highest BCUT2D eigenvalue weighted by Crippen LogP contribution is 2.37. The van der Waals surface area contributed by atoms with Crippen LogP contribution in [-0.2, 0) is 0 Å². The van der Waals surface area contributed by atoms with Crippen molar-refractivity contribution in [3.8, 4) is 5.75 Å². The predicted octanol–water partition coefficient (Wildman–Crippen LogP) is 1.40. The average molecular weight is 280 g/mol. The Hall–Kier alpha value is -0.778. The van der Waals surface area contributed by atoms with Crippen molar-refractivity contribution < 1.29 is 14.8 Å². The molecule has 3 nitrogen and oxygen atoms in total. The quantitative estimate of drug-likeness (QED) is 0.823. The van der Waals surface area contributed by atoms with Gasteiger partial charge in [0, 0.05) is 5.46 Å². The van der Waals surface area contributed by atoms with Crippen LogP contribution in [0.3, 0.4) is 0 Å². The summed E-state index contributed by atoms with van der Waals surface area (Å²) in [6, 6.07) is 3.91. The second-order valence-corrected chi connectivity index (χ2v) is 12.0. The van der Waals surface area contributed by atoms with Gasteiger partial charge >= 0.3 is 7.12 Å². The maximum absolute atomic E-state index is 9.54. The Morgan fingerprint density at radius 1 is 1.16 bits per heavy atom. The normalized spacial score (nSPS) is 12.5. The summed E-state index contributed by atoms with van der Waals surface area (Å²) >= 11 is 0. The molecule has 2 N–H and O–H groups in total. The molecule has 0 atom stereocenters. The lowest BCUT2D eigenvalue weighted by Crippen LogP contribution is -2.52. The van der Waals surface area contributed by atoms with Crippen LogP contribution in [0.15, 0.2) is 12.1 Å². The Bertz CT molecular complexity index is 464. The van der Waals surface area contributed by atoms with Gasteiger partial charge in [-0.3, -0.25) is 0 Å². The molecule has 106 valence electrons. The highest BCUT2D eigenvalue weighted by Gasteiger charge is 2.40. The Morgan fingerprint density at radius 2 is 1.68 bits per heavy atom. The third-order valence-corrected chi connectivity index (χ3v) is 9.76. The molecule has 0 unspecified atom stereocenters. The maximum Gasteiger partial charge on any atom is 0.492 e. The van der Waals surface area contributed by atoms with Crippen LogP contribution in [0.1, 0.15) is 26.3 Å². The van der Waals surface area contributed by atoms with E-state index in [1.807, 2.05) is 6.92 Å². The van der Waals surface area contributed by atoms with Crippen LogP contribution < -0.4 is 15.4 Å². The molecule has 0 aliphatic carbocycles. The number of methoxy groups -OCH3 is 1. The number of hydrogen-bond acceptors (Lipinski definition) is 3. The lowest BCUT2D eigenvalue weighted by molar-refractivity contribution is 0.405. The van der Waals surface area contributed by atoms with Crippen LogP contribution in [-0.4, -0.2) is 32.4 Å². The van der Waals surface area contributed by atoms with Gasteiger partial charge in [0.15, 0.2) is 0 Å². The molecule has 0 bridgehead atoms. The highest BCUT2D eigenvalue weighted by atomic mass is 28.3. The van der Waals surface area contributed by atoms with Crippen molar-refractivity contribution in [3.63, 3.8) is 0 Å². The van der Waals surface area contributed by atoms with E-state index in [4.69, 9.17) is 4.74 Å². The van der Waals surface area contributed by atoms with Gasteiger partial charge in [-0.15, -0.1) is 0 Å². The van der Waals surface area contributed by atoms with Crippen LogP contribution in [0.25, 0.3) is 0 Å². The second-order valence-electron chi connectivity index (χ2n) is 6.68. The van der Waals surface area contributed by atoms with Gasteiger partial charge in [-0.2, -0.15) is 0 Å². The van der Waals surface area contributed by atoms with Crippen LogP contribution in [0.4, 0.5) is 0 Å². The molecular weight excluding hydrogens is 255 g/mol. The van der Waals surface area contributed by atoms with Crippen molar-refractivity contribution in [2.45, 2.75) is 45.8 Å². The maximum atomic E-state index is 9.54. The van der Waals surface area contributed by atoms with Gasteiger partial charge in [-0.1, -0.05) is 51.6 Å². The SMILES string of the molecule is COc1c(B(O)O)cc(C)cc1[Si](C)(C)C(C)(C)C. The highest BCUT2D eigenvalue weighted by molar-refractivity contribution is 6.93. The van der Waals surface area contributed by atoms with Gasteiger partial charge in [0.05, 0.1) is 15.2 Å². The number of ether oxygens (including phenoxy) is 1. The summed E-state index contributed by atoms with van der Waals surface area (Å²) < 4.78 is 5.49. The molecule has 0 aliphatic heterocycles. The fourth-order valence-electron chi connectivity index (χ4n) is 2.09. The largest absolute Gasteiger partial charge is 0.497 e. The van der Waals surface area contributed by atoms with E-state index >= 15 is 0 Å². The van der Waals surface area contributed by atoms with Crippen LogP contribution in [0.2, 0.25) is 18.1 Å². The van der Waals surface area contributed by atoms with Crippen molar-refractivity contribution >= 4 is 25.8 Å². The first-order chi connectivity index (χ1) is 8.52. The molecule has 0 heterocycles. The minimum Gasteiger partial charge on any atom is -0.497 e. The molecule has 5 heteroatoms. The third kappa shape index (κ3) is 3.04. The van der Waals surface area contributed by atoms with E-state index in [2.05, 4.69) is 39.9 Å². The fraction of sp³-hybridized carbons (Fsp3) is 0.571. The Kier molecular flexibility index (Phi) is 4.55. The minimum atomic E-state index is -1.80. The van der Waals surface area contributed by atoms with Gasteiger partial charge in [-0.05, 0) is 17.1 Å². The van der Waals surface area contributed by atoms with Gasteiger partial charge in [0.2, 0.25) is 0 Å². The van der Waals surface area contributed by atoms with Crippen molar-refractivity contribution in [1.29, 1.82) is 0 Å². The molecule has 0 aliphatic rings. The molecule has 19 heavy (non-hydrogen) atoms. The zero-order valence-corrected chi connectivity index (χ0v) is 14.0. The molecule has 1 aromatic carbocycles. The smallest absolute Gasteiger partial charge is 0.492 e. The summed E-state index contributed by atoms with van der Waals surface area (Å²) in [4.78, 5) is 0. The molecule has 0 fully saturated rings. The summed E-state index contributed by atoms with van der Waals surface area (Å²) in [5, 5.41) is 20.4. The van der Waals surface area contributed by atoms with Crippen molar-refractivity contribution in [1.82, 2.24) is 0 Å². The standard InChI is InChI=1S/C14H25BO3Si/c1-10-8-11(15(16)17)13(18-5)12(9-10)19(6,7)14(2,3)4/h8-9,16-17H,1-7H3. The van der Waals surface area contributed by atoms with Crippen LogP contribution >= 0.6 is 0 Å². The van der Waals surface area contributed by atoms with Crippen molar-refractivity contribution in [3.05, 3.63) is 17.7 Å². The topological polar surface area (TPSA) is 49.7 Å². The van der Waals surface area contributed by atoms with E-state index < -0.39 is 15.2 Å². The molecule has 0 spiro atoms. The van der Waals surface area contributed by atoms with Crippen molar-refractivity contribution in [2.24, 2.45) is 0 Å². The molecule has 1 rings (SSSR count). The Labute approximate surface area is 117 Å². The van der Waals surface area contributed by atoms with E-state index in [1.54, 1.807) is 13.2 Å². The summed E-state index contributed by atoms with van der Waals surface area (Å²) in [7, 11) is -1.71. The third-order valence-electron chi connectivity index (χ3n) is 4.29. The lowest BCUT2D eigenvalue weighted by atomic mass is 9.79. The molecule has 0 amide bonds. The molecule has 1 aromatic rings. The first-order valence-electron chi connectivity index (χ1n) is 6.57. The number of benzene rings is 1. The van der Waals surface area contributed by atoms with E-state index in [0.717, 1.165) is 10.8 Å². The van der Waals surface area contributed by atoms with Crippen molar-refractivity contribution in [2.75, 3.05) is 7.11 Å². The van der Waals surface area contributed by atoms with E-state index in [9.17, 15) is 10.0 Å². The Balaban J connectivity index is 3.60. The van der Waals surface area contributed by atoms with E-state index in [0.29, 0.717) is 11.2 Å². The van der Waals surface area contributed by atoms with Crippen LogP contribution in [0.5, 0.6) is 5.75 Å². The van der Waals surface area contributed by atoms with Gasteiger partial charge < -0.3 is 14.8 Å². The summed E-state index contributed by atoms with van der Waals surface area (Å²) in [6.07, 6.45) is 0. The summed E-state index contributed by atoms with van der Waals surface area (Å²) in [5.74, 6) is 0.632. The first kappa shape index (κ1) is 16.3. The van der Waals surface area contributed by atoms with E-state index in [-0.39, 0.29) is 5.04 Å². The fourth-order valence-corrected chi connectivity index (χ4v) is 4.30. The second kappa shape index (κ2) is 5.31. The molecule has 0 saturated carbocycles. The Morgan fingerprint density at radius 3 is 2.05 bits per heavy atom. The summed E-state index contributed by atoms with van der Waals surface area (Å²) in [6.45, 7) is 13.2. The number of hydrogen-bond donors (Lipinski definition) is 2. The molecule has 0 aromatic heterocycles. The average Bonchev–Trinajstić information content (AvgIpc) is 2.26. The van der Waals surface area contributed by atoms with Gasteiger partial charge in [0.1, 0.15) is 5.75 Å². The molecule has 0 saturated heterocycles. The van der Waals surface area contributed by atoms with Gasteiger partial charge in [-0.25, -0.2) is 0 Å². The van der Waals surface area contributed by atoms with Crippen LogP contribution in [0, 0.1) is 6.92 Å².